The quantitative estimate of drug-likeness (QED) is 0.942. The summed E-state index contributed by atoms with van der Waals surface area (Å²) in [6.07, 6.45) is 1.64. The lowest BCUT2D eigenvalue weighted by Crippen LogP contribution is -2.36. The number of aromatic nitrogens is 2. The Hall–Kier alpha value is -2.14. The Kier molecular flexibility index (Phi) is 4.76. The molecule has 1 aromatic heterocycles. The number of amides is 1. The number of carbonyl (C=O) groups is 1. The lowest BCUT2D eigenvalue weighted by atomic mass is 9.99. The number of nitrogens with zero attached hydrogens (tertiary/aromatic N) is 2. The lowest BCUT2D eigenvalue weighted by molar-refractivity contribution is -0.135. The third kappa shape index (κ3) is 3.29. The summed E-state index contributed by atoms with van der Waals surface area (Å²) in [6, 6.07) is 8.29. The highest BCUT2D eigenvalue weighted by atomic mass is 16.5. The number of carbonyl (C=O) groups excluding carboxylic acids is 1. The average Bonchev–Trinajstić information content (AvgIpc) is 2.84. The molecule has 0 atom stereocenters. The molecule has 1 amide bonds. The second kappa shape index (κ2) is 6.96. The summed E-state index contributed by atoms with van der Waals surface area (Å²) in [4.78, 5) is 14.1. The fraction of sp³-hybridized carbons (Fsp3) is 0.444. The van der Waals surface area contributed by atoms with Crippen LogP contribution in [0.5, 0.6) is 0 Å². The van der Waals surface area contributed by atoms with E-state index in [-0.39, 0.29) is 12.5 Å². The molecule has 0 saturated heterocycles. The van der Waals surface area contributed by atoms with Crippen LogP contribution in [0.1, 0.15) is 23.7 Å². The van der Waals surface area contributed by atoms with Crippen LogP contribution in [-0.4, -0.2) is 47.3 Å². The Morgan fingerprint density at radius 2 is 2.09 bits per heavy atom. The molecular formula is C18H23N3O2. The molecule has 0 unspecified atom stereocenters. The van der Waals surface area contributed by atoms with Gasteiger partial charge < -0.3 is 9.64 Å². The van der Waals surface area contributed by atoms with Crippen LogP contribution in [0.25, 0.3) is 11.3 Å². The molecule has 1 aliphatic heterocycles. The maximum absolute atomic E-state index is 12.2. The average molecular weight is 313 g/mol. The van der Waals surface area contributed by atoms with Crippen LogP contribution in [0.4, 0.5) is 0 Å². The zero-order chi connectivity index (χ0) is 16.2. The van der Waals surface area contributed by atoms with E-state index in [2.05, 4.69) is 29.3 Å². The highest BCUT2D eigenvalue weighted by molar-refractivity contribution is 5.77. The summed E-state index contributed by atoms with van der Waals surface area (Å²) in [5.41, 5.74) is 5.80. The van der Waals surface area contributed by atoms with E-state index in [9.17, 15) is 4.79 Å². The van der Waals surface area contributed by atoms with Crippen molar-refractivity contribution >= 4 is 5.91 Å². The van der Waals surface area contributed by atoms with Crippen LogP contribution in [0, 0.1) is 6.92 Å². The second-order valence-corrected chi connectivity index (χ2v) is 5.86. The largest absolute Gasteiger partial charge is 0.372 e. The van der Waals surface area contributed by atoms with E-state index in [0.29, 0.717) is 13.2 Å². The molecule has 23 heavy (non-hydrogen) atoms. The molecular weight excluding hydrogens is 290 g/mol. The number of nitrogens with one attached hydrogen (secondary N) is 1. The van der Waals surface area contributed by atoms with Gasteiger partial charge in [0, 0.05) is 42.9 Å². The monoisotopic (exact) mass is 313 g/mol. The summed E-state index contributed by atoms with van der Waals surface area (Å²) >= 11 is 0. The van der Waals surface area contributed by atoms with Gasteiger partial charge in [0.15, 0.2) is 0 Å². The molecule has 1 aliphatic rings. The van der Waals surface area contributed by atoms with E-state index in [1.807, 2.05) is 24.0 Å². The van der Waals surface area contributed by atoms with Gasteiger partial charge in [0.05, 0.1) is 5.69 Å². The Labute approximate surface area is 136 Å². The van der Waals surface area contributed by atoms with Crippen molar-refractivity contribution in [3.63, 3.8) is 0 Å². The minimum atomic E-state index is 0.0717. The molecule has 122 valence electrons. The molecule has 0 spiro atoms. The molecule has 0 fully saturated rings. The van der Waals surface area contributed by atoms with E-state index < -0.39 is 0 Å². The Morgan fingerprint density at radius 1 is 1.30 bits per heavy atom. The van der Waals surface area contributed by atoms with Gasteiger partial charge in [-0.15, -0.1) is 0 Å². The van der Waals surface area contributed by atoms with Crippen molar-refractivity contribution < 1.29 is 9.53 Å². The fourth-order valence-electron chi connectivity index (χ4n) is 3.07. The van der Waals surface area contributed by atoms with Crippen molar-refractivity contribution in [1.82, 2.24) is 15.1 Å². The standard InChI is InChI=1S/C18H23N3O2/c1-3-23-12-17(22)21-10-8-15-16(9-11-21)19-20-18(15)14-7-5-4-6-13(14)2/h4-7H,3,8-12H2,1-2H3,(H,19,20). The number of H-pyrrole nitrogens is 1. The van der Waals surface area contributed by atoms with Crippen LogP contribution >= 0.6 is 0 Å². The minimum Gasteiger partial charge on any atom is -0.372 e. The van der Waals surface area contributed by atoms with Gasteiger partial charge in [0.1, 0.15) is 6.61 Å². The smallest absolute Gasteiger partial charge is 0.248 e. The van der Waals surface area contributed by atoms with E-state index in [1.165, 1.54) is 16.7 Å². The van der Waals surface area contributed by atoms with Crippen molar-refractivity contribution in [1.29, 1.82) is 0 Å². The van der Waals surface area contributed by atoms with Crippen molar-refractivity contribution in [2.45, 2.75) is 26.7 Å². The van der Waals surface area contributed by atoms with Crippen molar-refractivity contribution in [2.75, 3.05) is 26.3 Å². The summed E-state index contributed by atoms with van der Waals surface area (Å²) in [5, 5.41) is 7.71. The highest BCUT2D eigenvalue weighted by Crippen LogP contribution is 2.28. The lowest BCUT2D eigenvalue weighted by Gasteiger charge is -2.20. The number of aryl methyl sites for hydroxylation is 1. The molecule has 0 bridgehead atoms. The summed E-state index contributed by atoms with van der Waals surface area (Å²) in [6.45, 7) is 6.19. The summed E-state index contributed by atoms with van der Waals surface area (Å²) < 4.78 is 5.25. The fourth-order valence-corrected chi connectivity index (χ4v) is 3.07. The van der Waals surface area contributed by atoms with Gasteiger partial charge in [-0.25, -0.2) is 0 Å². The molecule has 1 N–H and O–H groups in total. The highest BCUT2D eigenvalue weighted by Gasteiger charge is 2.23. The number of hydrogen-bond acceptors (Lipinski definition) is 3. The molecule has 0 saturated carbocycles. The molecule has 5 nitrogen and oxygen atoms in total. The number of rotatable bonds is 4. The van der Waals surface area contributed by atoms with E-state index in [4.69, 9.17) is 4.74 Å². The third-order valence-electron chi connectivity index (χ3n) is 4.40. The van der Waals surface area contributed by atoms with Crippen molar-refractivity contribution in [2.24, 2.45) is 0 Å². The van der Waals surface area contributed by atoms with Crippen LogP contribution < -0.4 is 0 Å². The number of hydrogen-bond donors (Lipinski definition) is 1. The Balaban J connectivity index is 1.79. The first kappa shape index (κ1) is 15.7. The number of ether oxygens (including phenoxy) is 1. The zero-order valence-electron chi connectivity index (χ0n) is 13.8. The van der Waals surface area contributed by atoms with E-state index in [0.717, 1.165) is 30.8 Å². The van der Waals surface area contributed by atoms with Gasteiger partial charge in [0.2, 0.25) is 5.91 Å². The van der Waals surface area contributed by atoms with E-state index in [1.54, 1.807) is 0 Å². The topological polar surface area (TPSA) is 58.2 Å². The van der Waals surface area contributed by atoms with Crippen LogP contribution in [0.2, 0.25) is 0 Å². The van der Waals surface area contributed by atoms with Gasteiger partial charge in [-0.2, -0.15) is 5.10 Å². The zero-order valence-corrected chi connectivity index (χ0v) is 13.8. The predicted octanol–water partition coefficient (Wildman–Crippen LogP) is 2.35. The Bertz CT molecular complexity index is 693. The normalized spacial score (nSPS) is 14.4. The number of aromatic amines is 1. The Morgan fingerprint density at radius 3 is 2.87 bits per heavy atom. The summed E-state index contributed by atoms with van der Waals surface area (Å²) in [5.74, 6) is 0.0717. The molecule has 3 rings (SSSR count). The van der Waals surface area contributed by atoms with Gasteiger partial charge in [-0.1, -0.05) is 24.3 Å². The summed E-state index contributed by atoms with van der Waals surface area (Å²) in [7, 11) is 0. The van der Waals surface area contributed by atoms with Gasteiger partial charge in [-0.3, -0.25) is 9.89 Å². The first-order valence-electron chi connectivity index (χ1n) is 8.18. The maximum Gasteiger partial charge on any atom is 0.248 e. The molecule has 2 heterocycles. The van der Waals surface area contributed by atoms with Crippen molar-refractivity contribution in [3.05, 3.63) is 41.1 Å². The molecule has 1 aromatic carbocycles. The molecule has 2 aromatic rings. The van der Waals surface area contributed by atoms with Gasteiger partial charge in [-0.05, 0) is 25.8 Å². The molecule has 5 heteroatoms. The first-order valence-corrected chi connectivity index (χ1v) is 8.18. The van der Waals surface area contributed by atoms with Crippen LogP contribution in [0.15, 0.2) is 24.3 Å². The maximum atomic E-state index is 12.2. The second-order valence-electron chi connectivity index (χ2n) is 5.86. The van der Waals surface area contributed by atoms with Gasteiger partial charge >= 0.3 is 0 Å². The van der Waals surface area contributed by atoms with Crippen molar-refractivity contribution in [3.8, 4) is 11.3 Å². The minimum absolute atomic E-state index is 0.0717. The van der Waals surface area contributed by atoms with E-state index >= 15 is 0 Å². The van der Waals surface area contributed by atoms with Crippen LogP contribution in [-0.2, 0) is 22.4 Å². The number of benzene rings is 1. The first-order chi connectivity index (χ1) is 11.2. The SMILES string of the molecule is CCOCC(=O)N1CCc2[nH]nc(-c3ccccc3C)c2CC1. The van der Waals surface area contributed by atoms with Crippen LogP contribution in [0.3, 0.4) is 0 Å². The predicted molar refractivity (Wildman–Crippen MR) is 89.2 cm³/mol. The molecule has 0 aliphatic carbocycles. The molecule has 0 radical (unpaired) electrons. The third-order valence-corrected chi connectivity index (χ3v) is 4.40. The van der Waals surface area contributed by atoms with Gasteiger partial charge in [0.25, 0.3) is 0 Å². The number of fused-ring (bicyclic) bond motifs is 1.